The SMILES string of the molecule is CCC[C@H]1C(OCC)O[C@@H]2O[C@@]3(C)CC[C@H]4[C@H](C)CC[C@@H]1[C@@]24OO3. The van der Waals surface area contributed by atoms with E-state index in [0.717, 1.165) is 32.1 Å². The minimum Gasteiger partial charge on any atom is -0.353 e. The minimum atomic E-state index is -0.702. The summed E-state index contributed by atoms with van der Waals surface area (Å²) in [6.07, 6.45) is 5.93. The number of fused-ring (bicyclic) bond motifs is 2. The van der Waals surface area contributed by atoms with E-state index in [-0.39, 0.29) is 12.6 Å². The van der Waals surface area contributed by atoms with Crippen LogP contribution in [0.4, 0.5) is 0 Å². The van der Waals surface area contributed by atoms with Gasteiger partial charge in [0.25, 0.3) is 0 Å². The molecule has 24 heavy (non-hydrogen) atoms. The lowest BCUT2D eigenvalue weighted by molar-refractivity contribution is -0.578. The summed E-state index contributed by atoms with van der Waals surface area (Å²) in [5.41, 5.74) is -0.471. The summed E-state index contributed by atoms with van der Waals surface area (Å²) < 4.78 is 18.7. The fraction of sp³-hybridized carbons (Fsp3) is 1.00. The summed E-state index contributed by atoms with van der Waals surface area (Å²) >= 11 is 0. The zero-order chi connectivity index (χ0) is 16.9. The van der Waals surface area contributed by atoms with Gasteiger partial charge in [-0.15, -0.1) is 0 Å². The van der Waals surface area contributed by atoms with E-state index in [1.54, 1.807) is 0 Å². The van der Waals surface area contributed by atoms with Crippen LogP contribution in [0.15, 0.2) is 0 Å². The van der Waals surface area contributed by atoms with Gasteiger partial charge in [0.05, 0.1) is 0 Å². The highest BCUT2D eigenvalue weighted by Gasteiger charge is 2.69. The molecule has 5 fully saturated rings. The second-order valence-electron chi connectivity index (χ2n) is 8.32. The van der Waals surface area contributed by atoms with Crippen molar-refractivity contribution >= 4 is 0 Å². The number of rotatable bonds is 4. The molecule has 1 saturated carbocycles. The van der Waals surface area contributed by atoms with Gasteiger partial charge >= 0.3 is 0 Å². The topological polar surface area (TPSA) is 46.2 Å². The van der Waals surface area contributed by atoms with Crippen molar-refractivity contribution < 1.29 is 24.0 Å². The van der Waals surface area contributed by atoms with E-state index in [1.807, 2.05) is 13.8 Å². The van der Waals surface area contributed by atoms with Crippen molar-refractivity contribution in [2.24, 2.45) is 23.7 Å². The van der Waals surface area contributed by atoms with Crippen LogP contribution in [0, 0.1) is 23.7 Å². The van der Waals surface area contributed by atoms with Crippen molar-refractivity contribution in [1.29, 1.82) is 0 Å². The maximum Gasteiger partial charge on any atom is 0.201 e. The maximum absolute atomic E-state index is 6.40. The van der Waals surface area contributed by atoms with E-state index < -0.39 is 11.4 Å². The van der Waals surface area contributed by atoms with Crippen LogP contribution in [-0.2, 0) is 24.0 Å². The summed E-state index contributed by atoms with van der Waals surface area (Å²) in [4.78, 5) is 12.0. The Morgan fingerprint density at radius 2 is 1.92 bits per heavy atom. The van der Waals surface area contributed by atoms with Crippen LogP contribution in [0.3, 0.4) is 0 Å². The molecule has 0 N–H and O–H groups in total. The predicted octanol–water partition coefficient (Wildman–Crippen LogP) is 4.01. The highest BCUT2D eigenvalue weighted by atomic mass is 17.3. The molecule has 5 heteroatoms. The normalized spacial score (nSPS) is 53.5. The van der Waals surface area contributed by atoms with Gasteiger partial charge < -0.3 is 14.2 Å². The third-order valence-electron chi connectivity index (χ3n) is 6.85. The Balaban J connectivity index is 1.75. The van der Waals surface area contributed by atoms with E-state index in [9.17, 15) is 0 Å². The Hall–Kier alpha value is -0.200. The first-order valence-electron chi connectivity index (χ1n) is 9.85. The van der Waals surface area contributed by atoms with Crippen molar-refractivity contribution in [3.8, 4) is 0 Å². The molecule has 0 aromatic carbocycles. The van der Waals surface area contributed by atoms with Crippen LogP contribution in [0.2, 0.25) is 0 Å². The Morgan fingerprint density at radius 1 is 1.08 bits per heavy atom. The molecule has 4 heterocycles. The summed E-state index contributed by atoms with van der Waals surface area (Å²) in [5.74, 6) is 1.04. The van der Waals surface area contributed by atoms with E-state index in [1.165, 1.54) is 6.42 Å². The van der Waals surface area contributed by atoms with Crippen LogP contribution >= 0.6 is 0 Å². The fourth-order valence-corrected chi connectivity index (χ4v) is 5.72. The quantitative estimate of drug-likeness (QED) is 0.724. The van der Waals surface area contributed by atoms with E-state index in [0.29, 0.717) is 30.3 Å². The zero-order valence-electron chi connectivity index (χ0n) is 15.5. The van der Waals surface area contributed by atoms with Gasteiger partial charge in [0.1, 0.15) is 0 Å². The molecule has 1 spiro atoms. The molecule has 0 aromatic heterocycles. The lowest BCUT2D eigenvalue weighted by Crippen LogP contribution is -2.70. The molecule has 138 valence electrons. The number of hydrogen-bond donors (Lipinski definition) is 0. The fourth-order valence-electron chi connectivity index (χ4n) is 5.72. The Morgan fingerprint density at radius 3 is 2.67 bits per heavy atom. The van der Waals surface area contributed by atoms with Crippen LogP contribution in [-0.4, -0.2) is 30.6 Å². The molecule has 1 aliphatic carbocycles. The van der Waals surface area contributed by atoms with Crippen molar-refractivity contribution in [1.82, 2.24) is 0 Å². The first kappa shape index (κ1) is 17.2. The molecule has 0 amide bonds. The Bertz CT molecular complexity index is 471. The molecule has 5 rings (SSSR count). The largest absolute Gasteiger partial charge is 0.353 e. The van der Waals surface area contributed by atoms with Crippen molar-refractivity contribution in [3.63, 3.8) is 0 Å². The standard InChI is InChI=1S/C19H32O5/c1-5-7-13-15-9-8-12(3)14-10-11-18(4)22-17(19(14,15)24-23-18)21-16(13)20-6-2/h12-17H,5-11H2,1-4H3/t12-,13-,14+,15+,16?,17-,18-,19-/m1/s1. The van der Waals surface area contributed by atoms with Gasteiger partial charge in [-0.25, -0.2) is 9.78 Å². The first-order chi connectivity index (χ1) is 11.5. The van der Waals surface area contributed by atoms with Gasteiger partial charge in [0.15, 0.2) is 18.2 Å². The Kier molecular flexibility index (Phi) is 4.45. The summed E-state index contributed by atoms with van der Waals surface area (Å²) in [5, 5.41) is 0. The highest BCUT2D eigenvalue weighted by Crippen LogP contribution is 2.61. The van der Waals surface area contributed by atoms with Crippen LogP contribution in [0.25, 0.3) is 0 Å². The molecule has 5 nitrogen and oxygen atoms in total. The van der Waals surface area contributed by atoms with Gasteiger partial charge in [0, 0.05) is 24.9 Å². The van der Waals surface area contributed by atoms with Gasteiger partial charge in [0.2, 0.25) is 5.79 Å². The molecule has 8 atom stereocenters. The molecular formula is C19H32O5. The van der Waals surface area contributed by atoms with Crippen LogP contribution in [0.1, 0.15) is 66.2 Å². The van der Waals surface area contributed by atoms with Gasteiger partial charge in [-0.3, -0.25) is 0 Å². The van der Waals surface area contributed by atoms with Crippen molar-refractivity contribution in [2.75, 3.05) is 6.61 Å². The van der Waals surface area contributed by atoms with E-state index in [2.05, 4.69) is 13.8 Å². The summed E-state index contributed by atoms with van der Waals surface area (Å²) in [7, 11) is 0. The number of ether oxygens (including phenoxy) is 3. The molecule has 0 radical (unpaired) electrons. The van der Waals surface area contributed by atoms with E-state index in [4.69, 9.17) is 24.0 Å². The molecule has 4 aliphatic heterocycles. The second kappa shape index (κ2) is 6.20. The van der Waals surface area contributed by atoms with Gasteiger partial charge in [-0.05, 0) is 51.4 Å². The molecule has 4 saturated heterocycles. The lowest BCUT2D eigenvalue weighted by atomic mass is 9.57. The zero-order valence-corrected chi connectivity index (χ0v) is 15.5. The molecule has 2 bridgehead atoms. The Labute approximate surface area is 145 Å². The van der Waals surface area contributed by atoms with Crippen molar-refractivity contribution in [3.05, 3.63) is 0 Å². The van der Waals surface area contributed by atoms with E-state index >= 15 is 0 Å². The minimum absolute atomic E-state index is 0.198. The van der Waals surface area contributed by atoms with Gasteiger partial charge in [-0.2, -0.15) is 0 Å². The number of hydrogen-bond acceptors (Lipinski definition) is 5. The third kappa shape index (κ3) is 2.39. The monoisotopic (exact) mass is 340 g/mol. The molecule has 0 aromatic rings. The average molecular weight is 340 g/mol. The highest BCUT2D eigenvalue weighted by molar-refractivity contribution is 5.09. The summed E-state index contributed by atoms with van der Waals surface area (Å²) in [6, 6.07) is 0. The summed E-state index contributed by atoms with van der Waals surface area (Å²) in [6.45, 7) is 9.23. The van der Waals surface area contributed by atoms with Crippen LogP contribution < -0.4 is 0 Å². The molecule has 5 aliphatic rings. The van der Waals surface area contributed by atoms with Gasteiger partial charge in [-0.1, -0.05) is 20.3 Å². The lowest BCUT2D eigenvalue weighted by Gasteiger charge is -2.60. The molecule has 1 unspecified atom stereocenters. The third-order valence-corrected chi connectivity index (χ3v) is 6.85. The second-order valence-corrected chi connectivity index (χ2v) is 8.32. The smallest absolute Gasteiger partial charge is 0.201 e. The van der Waals surface area contributed by atoms with Crippen molar-refractivity contribution in [2.45, 2.75) is 90.2 Å². The maximum atomic E-state index is 6.40. The molecular weight excluding hydrogens is 308 g/mol. The first-order valence-corrected chi connectivity index (χ1v) is 9.85. The van der Waals surface area contributed by atoms with Crippen LogP contribution in [0.5, 0.6) is 0 Å². The average Bonchev–Trinajstić information content (AvgIpc) is 2.78. The predicted molar refractivity (Wildman–Crippen MR) is 87.7 cm³/mol.